The van der Waals surface area contributed by atoms with Crippen LogP contribution < -0.4 is 0 Å². The second-order valence-electron chi connectivity index (χ2n) is 1.70. The summed E-state index contributed by atoms with van der Waals surface area (Å²) in [5, 5.41) is 0.237. The van der Waals surface area contributed by atoms with E-state index >= 15 is 0 Å². The summed E-state index contributed by atoms with van der Waals surface area (Å²) in [6.45, 7) is 0. The van der Waals surface area contributed by atoms with Crippen LogP contribution in [0, 0.1) is 11.8 Å². The largest absolute Gasteiger partial charge is 0.225 e. The van der Waals surface area contributed by atoms with Gasteiger partial charge < -0.3 is 0 Å². The lowest BCUT2D eigenvalue weighted by atomic mass is 10.3. The lowest BCUT2D eigenvalue weighted by Crippen LogP contribution is -1.82. The highest BCUT2D eigenvalue weighted by molar-refractivity contribution is 7.80. The van der Waals surface area contributed by atoms with Gasteiger partial charge in [-0.05, 0) is 11.6 Å². The van der Waals surface area contributed by atoms with Crippen molar-refractivity contribution in [1.29, 1.82) is 0 Å². The van der Waals surface area contributed by atoms with Crippen molar-refractivity contribution < 1.29 is 0 Å². The van der Waals surface area contributed by atoms with E-state index in [0.29, 0.717) is 5.75 Å². The van der Waals surface area contributed by atoms with E-state index in [0.717, 1.165) is 5.56 Å². The minimum atomic E-state index is 0.237. The Kier molecular flexibility index (Phi) is 3.21. The number of rotatable bonds is 0. The van der Waals surface area contributed by atoms with Crippen molar-refractivity contribution in [2.75, 3.05) is 5.75 Å². The van der Waals surface area contributed by atoms with Crippen molar-refractivity contribution in [3.63, 3.8) is 0 Å². The van der Waals surface area contributed by atoms with Gasteiger partial charge in [-0.25, -0.2) is 9.97 Å². The Hall–Kier alpha value is -0.720. The van der Waals surface area contributed by atoms with Crippen LogP contribution in [0.4, 0.5) is 0 Å². The Morgan fingerprint density at radius 2 is 2.09 bits per heavy atom. The highest BCUT2D eigenvalue weighted by atomic mass is 35.5. The number of nitrogens with zero attached hydrogens (tertiary/aromatic N) is 2. The SMILES string of the molecule is SCC#Cc1cnc(Cl)nc1. The van der Waals surface area contributed by atoms with Gasteiger partial charge in [0.15, 0.2) is 0 Å². The molecule has 0 bridgehead atoms. The third kappa shape index (κ3) is 2.79. The van der Waals surface area contributed by atoms with E-state index in [4.69, 9.17) is 11.6 Å². The van der Waals surface area contributed by atoms with Crippen molar-refractivity contribution in [3.05, 3.63) is 23.2 Å². The van der Waals surface area contributed by atoms with Crippen molar-refractivity contribution in [3.8, 4) is 11.8 Å². The van der Waals surface area contributed by atoms with Crippen LogP contribution >= 0.6 is 24.2 Å². The first-order valence-electron chi connectivity index (χ1n) is 2.90. The van der Waals surface area contributed by atoms with Crippen LogP contribution in [0.5, 0.6) is 0 Å². The lowest BCUT2D eigenvalue weighted by molar-refractivity contribution is 1.16. The maximum atomic E-state index is 5.46. The van der Waals surface area contributed by atoms with Gasteiger partial charge in [0.1, 0.15) is 0 Å². The first-order chi connectivity index (χ1) is 5.33. The number of hydrogen-bond donors (Lipinski definition) is 1. The zero-order valence-corrected chi connectivity index (χ0v) is 7.23. The molecule has 0 aliphatic rings. The van der Waals surface area contributed by atoms with Crippen LogP contribution in [-0.4, -0.2) is 15.7 Å². The molecule has 0 aromatic carbocycles. The second kappa shape index (κ2) is 4.22. The van der Waals surface area contributed by atoms with Gasteiger partial charge in [0.2, 0.25) is 5.28 Å². The van der Waals surface area contributed by atoms with Gasteiger partial charge in [-0.2, -0.15) is 12.6 Å². The Bertz CT molecular complexity index is 286. The van der Waals surface area contributed by atoms with E-state index in [1.165, 1.54) is 0 Å². The van der Waals surface area contributed by atoms with Gasteiger partial charge in [-0.3, -0.25) is 0 Å². The number of thiol groups is 1. The molecule has 0 fully saturated rings. The molecule has 0 amide bonds. The maximum absolute atomic E-state index is 5.46. The highest BCUT2D eigenvalue weighted by Gasteiger charge is 1.88. The Morgan fingerprint density at radius 1 is 1.45 bits per heavy atom. The Labute approximate surface area is 75.4 Å². The molecule has 0 N–H and O–H groups in total. The monoisotopic (exact) mass is 184 g/mol. The van der Waals surface area contributed by atoms with E-state index in [1.54, 1.807) is 12.4 Å². The quantitative estimate of drug-likeness (QED) is 0.375. The van der Waals surface area contributed by atoms with E-state index in [9.17, 15) is 0 Å². The second-order valence-corrected chi connectivity index (χ2v) is 2.35. The predicted octanol–water partition coefficient (Wildman–Crippen LogP) is 1.41. The Morgan fingerprint density at radius 3 is 2.64 bits per heavy atom. The smallest absolute Gasteiger partial charge is 0.222 e. The molecule has 11 heavy (non-hydrogen) atoms. The van der Waals surface area contributed by atoms with Crippen LogP contribution in [0.1, 0.15) is 5.56 Å². The zero-order chi connectivity index (χ0) is 8.10. The molecule has 4 heteroatoms. The molecule has 2 nitrogen and oxygen atoms in total. The third-order valence-electron chi connectivity index (χ3n) is 0.932. The summed E-state index contributed by atoms with van der Waals surface area (Å²) in [7, 11) is 0. The molecule has 1 rings (SSSR count). The maximum Gasteiger partial charge on any atom is 0.222 e. The van der Waals surface area contributed by atoms with E-state index in [-0.39, 0.29) is 5.28 Å². The minimum Gasteiger partial charge on any atom is -0.225 e. The van der Waals surface area contributed by atoms with E-state index in [1.807, 2.05) is 0 Å². The molecule has 0 radical (unpaired) electrons. The molecule has 0 unspecified atom stereocenters. The summed E-state index contributed by atoms with van der Waals surface area (Å²) >= 11 is 9.39. The fourth-order valence-electron chi connectivity index (χ4n) is 0.518. The molecule has 0 aliphatic carbocycles. The molecule has 0 aliphatic heterocycles. The van der Waals surface area contributed by atoms with Gasteiger partial charge in [0.25, 0.3) is 0 Å². The Balaban J connectivity index is 2.82. The predicted molar refractivity (Wildman–Crippen MR) is 47.8 cm³/mol. The molecule has 0 atom stereocenters. The topological polar surface area (TPSA) is 25.8 Å². The van der Waals surface area contributed by atoms with Gasteiger partial charge in [0.05, 0.1) is 11.3 Å². The molecule has 1 aromatic rings. The van der Waals surface area contributed by atoms with Crippen LogP contribution in [0.2, 0.25) is 5.28 Å². The summed E-state index contributed by atoms with van der Waals surface area (Å²) in [6.07, 6.45) is 3.15. The zero-order valence-electron chi connectivity index (χ0n) is 5.58. The van der Waals surface area contributed by atoms with Crippen molar-refractivity contribution in [1.82, 2.24) is 9.97 Å². The van der Waals surface area contributed by atoms with Crippen molar-refractivity contribution in [2.45, 2.75) is 0 Å². The van der Waals surface area contributed by atoms with Crippen LogP contribution in [0.25, 0.3) is 0 Å². The van der Waals surface area contributed by atoms with Crippen molar-refractivity contribution in [2.24, 2.45) is 0 Å². The average Bonchev–Trinajstić information content (AvgIpc) is 2.04. The molecule has 0 spiro atoms. The minimum absolute atomic E-state index is 0.237. The summed E-state index contributed by atoms with van der Waals surface area (Å²) in [5.74, 6) is 6.12. The molecular weight excluding hydrogens is 180 g/mol. The van der Waals surface area contributed by atoms with Gasteiger partial charge in [-0.15, -0.1) is 0 Å². The molecule has 1 heterocycles. The van der Waals surface area contributed by atoms with Crippen molar-refractivity contribution >= 4 is 24.2 Å². The first kappa shape index (κ1) is 8.38. The van der Waals surface area contributed by atoms with Gasteiger partial charge >= 0.3 is 0 Å². The normalized spacial score (nSPS) is 8.55. The molecule has 0 saturated heterocycles. The standard InChI is InChI=1S/C7H5ClN2S/c8-7-9-4-6(5-10-7)2-1-3-11/h4-5,11H,3H2. The number of aromatic nitrogens is 2. The van der Waals surface area contributed by atoms with Crippen LogP contribution in [-0.2, 0) is 0 Å². The van der Waals surface area contributed by atoms with Gasteiger partial charge in [-0.1, -0.05) is 11.8 Å². The van der Waals surface area contributed by atoms with E-state index < -0.39 is 0 Å². The molecule has 0 saturated carbocycles. The summed E-state index contributed by atoms with van der Waals surface area (Å²) in [6, 6.07) is 0. The molecular formula is C7H5ClN2S. The summed E-state index contributed by atoms with van der Waals surface area (Å²) in [4.78, 5) is 7.52. The highest BCUT2D eigenvalue weighted by Crippen LogP contribution is 1.98. The number of hydrogen-bond acceptors (Lipinski definition) is 3. The fraction of sp³-hybridized carbons (Fsp3) is 0.143. The lowest BCUT2D eigenvalue weighted by Gasteiger charge is -1.87. The molecule has 1 aromatic heterocycles. The van der Waals surface area contributed by atoms with E-state index in [2.05, 4.69) is 34.4 Å². The van der Waals surface area contributed by atoms with Crippen LogP contribution in [0.3, 0.4) is 0 Å². The van der Waals surface area contributed by atoms with Gasteiger partial charge in [0, 0.05) is 12.4 Å². The molecule has 56 valence electrons. The summed E-state index contributed by atoms with van der Waals surface area (Å²) in [5.41, 5.74) is 0.753. The van der Waals surface area contributed by atoms with Crippen LogP contribution in [0.15, 0.2) is 12.4 Å². The number of halogens is 1. The third-order valence-corrected chi connectivity index (χ3v) is 1.29. The summed E-state index contributed by atoms with van der Waals surface area (Å²) < 4.78 is 0. The first-order valence-corrected chi connectivity index (χ1v) is 3.91. The average molecular weight is 185 g/mol. The fourth-order valence-corrected chi connectivity index (χ4v) is 0.695.